The number of fused-ring (bicyclic) bond motifs is 2. The first-order valence-corrected chi connectivity index (χ1v) is 13.8. The zero-order valence-corrected chi connectivity index (χ0v) is 23.5. The number of rotatable bonds is 8. The molecule has 1 spiro atoms. The molecule has 218 valence electrons. The van der Waals surface area contributed by atoms with Crippen molar-refractivity contribution >= 4 is 11.9 Å². The van der Waals surface area contributed by atoms with Gasteiger partial charge in [-0.1, -0.05) is 19.9 Å². The van der Waals surface area contributed by atoms with Gasteiger partial charge in [0.05, 0.1) is 27.1 Å². The van der Waals surface area contributed by atoms with Crippen LogP contribution in [-0.4, -0.2) is 50.1 Å². The maximum absolute atomic E-state index is 12.8. The Kier molecular flexibility index (Phi) is 7.99. The van der Waals surface area contributed by atoms with Crippen molar-refractivity contribution in [2.75, 3.05) is 14.2 Å². The van der Waals surface area contributed by atoms with Crippen LogP contribution in [0.1, 0.15) is 71.0 Å². The molecule has 2 bridgehead atoms. The molecule has 4 unspecified atom stereocenters. The number of methoxy groups -OCH3 is 2. The third-order valence-corrected chi connectivity index (χ3v) is 8.95. The van der Waals surface area contributed by atoms with Crippen molar-refractivity contribution in [2.24, 2.45) is 23.7 Å². The summed E-state index contributed by atoms with van der Waals surface area (Å²) in [5.41, 5.74) is -0.330. The van der Waals surface area contributed by atoms with E-state index in [0.717, 1.165) is 19.3 Å². The summed E-state index contributed by atoms with van der Waals surface area (Å²) in [7, 11) is 2.97. The summed E-state index contributed by atoms with van der Waals surface area (Å²) in [5.74, 6) is -0.900. The summed E-state index contributed by atoms with van der Waals surface area (Å²) in [6, 6.07) is 6.75. The number of hydrogen-bond acceptors (Lipinski definition) is 11. The van der Waals surface area contributed by atoms with E-state index < -0.39 is 42.0 Å². The maximum Gasteiger partial charge on any atom is 0.308 e. The lowest BCUT2D eigenvalue weighted by atomic mass is 9.58. The average Bonchev–Trinajstić information content (AvgIpc) is 3.18. The van der Waals surface area contributed by atoms with Gasteiger partial charge in [0, 0.05) is 23.8 Å². The largest absolute Gasteiger partial charge is 0.493 e. The molecule has 1 aromatic rings. The fourth-order valence-corrected chi connectivity index (χ4v) is 6.77. The Morgan fingerprint density at radius 1 is 1.05 bits per heavy atom. The highest BCUT2D eigenvalue weighted by Gasteiger charge is 2.69. The monoisotopic (exact) mass is 559 g/mol. The second-order valence-electron chi connectivity index (χ2n) is 11.4. The van der Waals surface area contributed by atoms with Crippen molar-refractivity contribution in [3.8, 4) is 17.6 Å². The van der Waals surface area contributed by atoms with Crippen molar-refractivity contribution in [1.82, 2.24) is 0 Å². The van der Waals surface area contributed by atoms with Crippen LogP contribution in [0.4, 0.5) is 0 Å². The number of hydrogen-bond donors (Lipinski definition) is 0. The van der Waals surface area contributed by atoms with Gasteiger partial charge in [-0.05, 0) is 50.2 Å². The average molecular weight is 560 g/mol. The van der Waals surface area contributed by atoms with E-state index in [9.17, 15) is 14.9 Å². The highest BCUT2D eigenvalue weighted by molar-refractivity contribution is 5.78. The summed E-state index contributed by atoms with van der Waals surface area (Å²) in [6.45, 7) is 6.05. The van der Waals surface area contributed by atoms with Gasteiger partial charge in [-0.3, -0.25) is 9.59 Å². The van der Waals surface area contributed by atoms with E-state index in [1.807, 2.05) is 19.9 Å². The Morgan fingerprint density at radius 3 is 2.52 bits per heavy atom. The van der Waals surface area contributed by atoms with E-state index in [2.05, 4.69) is 6.92 Å². The number of carbonyl (C=O) groups excluding carboxylic acids is 2. The van der Waals surface area contributed by atoms with E-state index in [1.165, 1.54) is 14.2 Å². The van der Waals surface area contributed by atoms with E-state index in [0.29, 0.717) is 29.4 Å². The van der Waals surface area contributed by atoms with E-state index in [-0.39, 0.29) is 30.6 Å². The minimum atomic E-state index is -1.17. The molecule has 11 heteroatoms. The maximum atomic E-state index is 12.8. The number of esters is 2. The van der Waals surface area contributed by atoms with Crippen molar-refractivity contribution in [2.45, 2.75) is 89.4 Å². The number of ether oxygens (including phenoxy) is 6. The quantitative estimate of drug-likeness (QED) is 0.333. The summed E-state index contributed by atoms with van der Waals surface area (Å²) >= 11 is 0. The molecule has 5 fully saturated rings. The van der Waals surface area contributed by atoms with Crippen LogP contribution in [0.2, 0.25) is 0 Å². The van der Waals surface area contributed by atoms with E-state index in [1.54, 1.807) is 18.2 Å². The second-order valence-corrected chi connectivity index (χ2v) is 11.4. The molecule has 1 aromatic carbocycles. The van der Waals surface area contributed by atoms with Crippen molar-refractivity contribution in [3.63, 3.8) is 0 Å². The molecule has 40 heavy (non-hydrogen) atoms. The first-order valence-electron chi connectivity index (χ1n) is 13.8. The molecule has 4 heterocycles. The molecule has 0 aromatic heterocycles. The number of nitriles is 1. The summed E-state index contributed by atoms with van der Waals surface area (Å²) in [5, 5.41) is 9.57. The Morgan fingerprint density at radius 2 is 1.80 bits per heavy atom. The fraction of sp³-hybridized carbons (Fsp3) is 0.690. The predicted molar refractivity (Wildman–Crippen MR) is 136 cm³/mol. The summed E-state index contributed by atoms with van der Waals surface area (Å²) in [6.07, 6.45) is 0.238. The van der Waals surface area contributed by atoms with Crippen LogP contribution < -0.4 is 9.47 Å². The Balaban J connectivity index is 1.20. The highest BCUT2D eigenvalue weighted by atomic mass is 17.3. The van der Waals surface area contributed by atoms with Gasteiger partial charge >= 0.3 is 11.9 Å². The zero-order valence-electron chi connectivity index (χ0n) is 23.5. The van der Waals surface area contributed by atoms with Crippen LogP contribution >= 0.6 is 0 Å². The lowest BCUT2D eigenvalue weighted by molar-refractivity contribution is -0.576. The Hall–Kier alpha value is -2.91. The van der Waals surface area contributed by atoms with Crippen molar-refractivity contribution in [1.29, 1.82) is 5.26 Å². The molecule has 4 saturated heterocycles. The Bertz CT molecular complexity index is 1170. The molecule has 0 radical (unpaired) electrons. The molecule has 5 aliphatic rings. The molecule has 9 atom stereocenters. The van der Waals surface area contributed by atoms with Crippen LogP contribution in [-0.2, 0) is 38.3 Å². The fourth-order valence-electron chi connectivity index (χ4n) is 6.77. The van der Waals surface area contributed by atoms with E-state index >= 15 is 0 Å². The topological polar surface area (TPSA) is 132 Å². The first kappa shape index (κ1) is 28.6. The lowest BCUT2D eigenvalue weighted by Gasteiger charge is -2.59. The van der Waals surface area contributed by atoms with Crippen LogP contribution in [0.3, 0.4) is 0 Å². The summed E-state index contributed by atoms with van der Waals surface area (Å²) < 4.78 is 34.1. The van der Waals surface area contributed by atoms with Gasteiger partial charge in [0.15, 0.2) is 23.4 Å². The number of nitrogens with zero attached hydrogens (tertiary/aromatic N) is 1. The highest BCUT2D eigenvalue weighted by Crippen LogP contribution is 2.60. The predicted octanol–water partition coefficient (Wildman–Crippen LogP) is 4.34. The van der Waals surface area contributed by atoms with Gasteiger partial charge in [-0.25, -0.2) is 9.78 Å². The van der Waals surface area contributed by atoms with Crippen LogP contribution in [0, 0.1) is 35.0 Å². The van der Waals surface area contributed by atoms with E-state index in [4.69, 9.17) is 38.2 Å². The minimum Gasteiger partial charge on any atom is -0.493 e. The van der Waals surface area contributed by atoms with Crippen LogP contribution in [0.15, 0.2) is 18.2 Å². The third kappa shape index (κ3) is 5.02. The van der Waals surface area contributed by atoms with Crippen molar-refractivity contribution in [3.05, 3.63) is 23.8 Å². The standard InChI is InChI=1S/C29H37NO10/c1-16-6-8-20-17(2)26(37-27-29(20)19(16)12-13-28(3,38-27)39-40-29)36-25(32)11-10-24(31)35-23(15-30)18-7-9-21(33-4)22(14-18)34-5/h7,9,14,16-17,19-20,23,26-27H,6,8,10-13H2,1-5H3/t16-,17-,19+,20?,23?,26?,27-,28-,29?/m1/s1. The smallest absolute Gasteiger partial charge is 0.308 e. The molecular weight excluding hydrogens is 522 g/mol. The molecule has 1 aliphatic carbocycles. The van der Waals surface area contributed by atoms with Gasteiger partial charge in [0.25, 0.3) is 0 Å². The normalized spacial score (nSPS) is 36.8. The molecule has 11 nitrogen and oxygen atoms in total. The lowest BCUT2D eigenvalue weighted by Crippen LogP contribution is -2.70. The summed E-state index contributed by atoms with van der Waals surface area (Å²) in [4.78, 5) is 37.3. The van der Waals surface area contributed by atoms with Crippen LogP contribution in [0.25, 0.3) is 0 Å². The molecular formula is C29H37NO10. The van der Waals surface area contributed by atoms with Gasteiger partial charge in [-0.2, -0.15) is 5.26 Å². The first-order chi connectivity index (χ1) is 19.1. The van der Waals surface area contributed by atoms with Gasteiger partial charge in [0.2, 0.25) is 18.2 Å². The van der Waals surface area contributed by atoms with Crippen LogP contribution in [0.5, 0.6) is 11.5 Å². The SMILES string of the molecule is COc1ccc(C(C#N)OC(=O)CCC(=O)OC2O[C@@H]3O[C@@]4(C)CC[C@H]5[C@H](C)CCC([C@H]2C)C35OO4)cc1OC. The van der Waals surface area contributed by atoms with Gasteiger partial charge in [-0.15, -0.1) is 0 Å². The molecule has 6 rings (SSSR count). The second kappa shape index (κ2) is 11.2. The molecule has 4 aliphatic heterocycles. The van der Waals surface area contributed by atoms with Gasteiger partial charge in [0.1, 0.15) is 6.07 Å². The zero-order chi connectivity index (χ0) is 28.7. The van der Waals surface area contributed by atoms with Gasteiger partial charge < -0.3 is 28.4 Å². The number of benzene rings is 1. The molecule has 0 N–H and O–H groups in total. The molecule has 0 amide bonds. The minimum absolute atomic E-state index is 0.00994. The Labute approximate surface area is 233 Å². The number of carbonyl (C=O) groups is 2. The third-order valence-electron chi connectivity index (χ3n) is 8.95. The molecule has 1 saturated carbocycles. The van der Waals surface area contributed by atoms with Crippen molar-refractivity contribution < 1.29 is 47.8 Å².